The van der Waals surface area contributed by atoms with Crippen molar-refractivity contribution in [2.45, 2.75) is 32.3 Å². The summed E-state index contributed by atoms with van der Waals surface area (Å²) in [7, 11) is 0. The fourth-order valence-electron chi connectivity index (χ4n) is 2.62. The maximum Gasteiger partial charge on any atom is 0.253 e. The van der Waals surface area contributed by atoms with E-state index in [1.807, 2.05) is 35.2 Å². The van der Waals surface area contributed by atoms with Gasteiger partial charge >= 0.3 is 0 Å². The molecule has 6 heteroatoms. The topological polar surface area (TPSA) is 68.5 Å². The molecule has 1 fully saturated rings. The molecule has 1 aliphatic heterocycles. The molecular weight excluding hydrogens is 282 g/mol. The molecule has 1 aromatic heterocycles. The van der Waals surface area contributed by atoms with Crippen LogP contribution in [0.4, 0.5) is 0 Å². The fourth-order valence-corrected chi connectivity index (χ4v) is 2.62. The number of nitrogens with zero attached hydrogens (tertiary/aromatic N) is 3. The molecule has 0 saturated carbocycles. The first-order chi connectivity index (χ1) is 10.7. The van der Waals surface area contributed by atoms with Crippen LogP contribution in [0.3, 0.4) is 0 Å². The molecule has 1 amide bonds. The maximum atomic E-state index is 11.5. The summed E-state index contributed by atoms with van der Waals surface area (Å²) in [5.74, 6) is 2.03. The van der Waals surface area contributed by atoms with Gasteiger partial charge in [0.05, 0.1) is 5.92 Å². The van der Waals surface area contributed by atoms with Crippen LogP contribution in [0.25, 0.3) is 0 Å². The summed E-state index contributed by atoms with van der Waals surface area (Å²) >= 11 is 0. The van der Waals surface area contributed by atoms with Crippen LogP contribution >= 0.6 is 0 Å². The Morgan fingerprint density at radius 2 is 2.18 bits per heavy atom. The van der Waals surface area contributed by atoms with E-state index in [0.29, 0.717) is 18.3 Å². The van der Waals surface area contributed by atoms with Gasteiger partial charge in [-0.1, -0.05) is 18.2 Å². The predicted octanol–water partition coefficient (Wildman–Crippen LogP) is 2.37. The molecule has 0 bridgehead atoms. The second kappa shape index (κ2) is 6.60. The van der Waals surface area contributed by atoms with Gasteiger partial charge in [0.1, 0.15) is 5.75 Å². The first kappa shape index (κ1) is 14.6. The number of benzene rings is 1. The molecule has 1 saturated heterocycles. The number of likely N-dealkylation sites (tertiary alicyclic amines) is 1. The molecule has 6 nitrogen and oxygen atoms in total. The van der Waals surface area contributed by atoms with E-state index in [9.17, 15) is 4.79 Å². The normalized spacial score (nSPS) is 18.2. The Bertz CT molecular complexity index is 627. The van der Waals surface area contributed by atoms with E-state index in [4.69, 9.17) is 9.15 Å². The van der Waals surface area contributed by atoms with E-state index in [0.717, 1.165) is 25.1 Å². The van der Waals surface area contributed by atoms with Gasteiger partial charge in [-0.25, -0.2) is 0 Å². The zero-order valence-electron chi connectivity index (χ0n) is 12.6. The Morgan fingerprint density at radius 3 is 2.95 bits per heavy atom. The largest absolute Gasteiger partial charge is 0.484 e. The van der Waals surface area contributed by atoms with Crippen LogP contribution in [0.1, 0.15) is 37.5 Å². The van der Waals surface area contributed by atoms with E-state index in [1.54, 1.807) is 6.92 Å². The highest BCUT2D eigenvalue weighted by Gasteiger charge is 2.26. The number of aromatic nitrogens is 2. The van der Waals surface area contributed by atoms with Gasteiger partial charge in [0.2, 0.25) is 11.8 Å². The van der Waals surface area contributed by atoms with Crippen molar-refractivity contribution in [3.05, 3.63) is 42.1 Å². The SMILES string of the molecule is CC(=O)N1CCCC(c2nnc(COc3ccccc3)o2)C1. The lowest BCUT2D eigenvalue weighted by molar-refractivity contribution is -0.130. The Morgan fingerprint density at radius 1 is 1.36 bits per heavy atom. The summed E-state index contributed by atoms with van der Waals surface area (Å²) in [4.78, 5) is 13.3. The first-order valence-corrected chi connectivity index (χ1v) is 7.48. The van der Waals surface area contributed by atoms with E-state index in [-0.39, 0.29) is 18.4 Å². The lowest BCUT2D eigenvalue weighted by atomic mass is 9.98. The van der Waals surface area contributed by atoms with Crippen LogP contribution in [0, 0.1) is 0 Å². The van der Waals surface area contributed by atoms with E-state index in [2.05, 4.69) is 10.2 Å². The van der Waals surface area contributed by atoms with Crippen molar-refractivity contribution in [3.8, 4) is 5.75 Å². The van der Waals surface area contributed by atoms with Crippen LogP contribution < -0.4 is 4.74 Å². The monoisotopic (exact) mass is 301 g/mol. The minimum Gasteiger partial charge on any atom is -0.484 e. The van der Waals surface area contributed by atoms with E-state index >= 15 is 0 Å². The smallest absolute Gasteiger partial charge is 0.253 e. The summed E-state index contributed by atoms with van der Waals surface area (Å²) in [6, 6.07) is 9.51. The predicted molar refractivity (Wildman–Crippen MR) is 79.3 cm³/mol. The molecule has 0 aliphatic carbocycles. The number of ether oxygens (including phenoxy) is 1. The highest BCUT2D eigenvalue weighted by Crippen LogP contribution is 2.26. The van der Waals surface area contributed by atoms with Gasteiger partial charge in [-0.2, -0.15) is 0 Å². The van der Waals surface area contributed by atoms with Gasteiger partial charge in [0, 0.05) is 20.0 Å². The molecule has 1 unspecified atom stereocenters. The standard InChI is InChI=1S/C16H19N3O3/c1-12(20)19-9-5-6-13(10-19)16-18-17-15(22-16)11-21-14-7-3-2-4-8-14/h2-4,7-8,13H,5-6,9-11H2,1H3. The number of carbonyl (C=O) groups is 1. The zero-order valence-corrected chi connectivity index (χ0v) is 12.6. The van der Waals surface area contributed by atoms with Crippen molar-refractivity contribution in [3.63, 3.8) is 0 Å². The van der Waals surface area contributed by atoms with E-state index < -0.39 is 0 Å². The highest BCUT2D eigenvalue weighted by molar-refractivity contribution is 5.73. The maximum absolute atomic E-state index is 11.5. The van der Waals surface area contributed by atoms with Crippen LogP contribution in [0.2, 0.25) is 0 Å². The van der Waals surface area contributed by atoms with Crippen molar-refractivity contribution in [2.75, 3.05) is 13.1 Å². The quantitative estimate of drug-likeness (QED) is 0.867. The Labute approximate surface area is 129 Å². The summed E-state index contributed by atoms with van der Waals surface area (Å²) in [6.07, 6.45) is 1.92. The van der Waals surface area contributed by atoms with Crippen molar-refractivity contribution < 1.29 is 13.9 Å². The Hall–Kier alpha value is -2.37. The lowest BCUT2D eigenvalue weighted by Gasteiger charge is -2.30. The van der Waals surface area contributed by atoms with E-state index in [1.165, 1.54) is 0 Å². The number of piperidine rings is 1. The van der Waals surface area contributed by atoms with Gasteiger partial charge in [-0.3, -0.25) is 4.79 Å². The van der Waals surface area contributed by atoms with Crippen LogP contribution in [0.15, 0.2) is 34.7 Å². The van der Waals surface area contributed by atoms with Gasteiger partial charge in [0.15, 0.2) is 6.61 Å². The van der Waals surface area contributed by atoms with Crippen LogP contribution in [0.5, 0.6) is 5.75 Å². The molecule has 116 valence electrons. The second-order valence-electron chi connectivity index (χ2n) is 5.44. The summed E-state index contributed by atoms with van der Waals surface area (Å²) < 4.78 is 11.3. The fraction of sp³-hybridized carbons (Fsp3) is 0.438. The average molecular weight is 301 g/mol. The number of para-hydroxylation sites is 1. The summed E-state index contributed by atoms with van der Waals surface area (Å²) in [6.45, 7) is 3.30. The van der Waals surface area contributed by atoms with Gasteiger partial charge in [-0.15, -0.1) is 10.2 Å². The summed E-state index contributed by atoms with van der Waals surface area (Å²) in [5, 5.41) is 8.14. The van der Waals surface area contributed by atoms with Crippen molar-refractivity contribution in [1.29, 1.82) is 0 Å². The summed E-state index contributed by atoms with van der Waals surface area (Å²) in [5.41, 5.74) is 0. The number of hydrogen-bond donors (Lipinski definition) is 0. The molecule has 0 radical (unpaired) electrons. The van der Waals surface area contributed by atoms with Crippen LogP contribution in [-0.4, -0.2) is 34.1 Å². The van der Waals surface area contributed by atoms with Crippen molar-refractivity contribution in [2.24, 2.45) is 0 Å². The molecule has 2 aromatic rings. The molecule has 1 aliphatic rings. The third kappa shape index (κ3) is 3.44. The second-order valence-corrected chi connectivity index (χ2v) is 5.44. The minimum atomic E-state index is 0.0943. The number of hydrogen-bond acceptors (Lipinski definition) is 5. The molecule has 0 N–H and O–H groups in total. The third-order valence-electron chi connectivity index (χ3n) is 3.80. The third-order valence-corrected chi connectivity index (χ3v) is 3.80. The molecule has 3 rings (SSSR count). The molecule has 1 atom stereocenters. The van der Waals surface area contributed by atoms with Crippen molar-refractivity contribution in [1.82, 2.24) is 15.1 Å². The van der Waals surface area contributed by atoms with Gasteiger partial charge < -0.3 is 14.1 Å². The molecule has 2 heterocycles. The van der Waals surface area contributed by atoms with Crippen molar-refractivity contribution >= 4 is 5.91 Å². The lowest BCUT2D eigenvalue weighted by Crippen LogP contribution is -2.37. The average Bonchev–Trinajstić information content (AvgIpc) is 3.03. The first-order valence-electron chi connectivity index (χ1n) is 7.48. The highest BCUT2D eigenvalue weighted by atomic mass is 16.5. The molecular formula is C16H19N3O3. The molecule has 0 spiro atoms. The molecule has 1 aromatic carbocycles. The van der Waals surface area contributed by atoms with Crippen LogP contribution in [-0.2, 0) is 11.4 Å². The number of carbonyl (C=O) groups excluding carboxylic acids is 1. The number of rotatable bonds is 4. The Kier molecular flexibility index (Phi) is 4.37. The van der Waals surface area contributed by atoms with Gasteiger partial charge in [-0.05, 0) is 25.0 Å². The minimum absolute atomic E-state index is 0.0943. The molecule has 22 heavy (non-hydrogen) atoms. The number of amides is 1. The van der Waals surface area contributed by atoms with Gasteiger partial charge in [0.25, 0.3) is 5.89 Å². The Balaban J connectivity index is 1.60. The zero-order chi connectivity index (χ0) is 15.4.